The normalized spacial score (nSPS) is 25.9. The van der Waals surface area contributed by atoms with Gasteiger partial charge in [-0.1, -0.05) is 77.3 Å². The minimum absolute atomic E-state index is 0.0579. The number of rotatable bonds is 6. The van der Waals surface area contributed by atoms with Gasteiger partial charge in [-0.25, -0.2) is 4.98 Å². The monoisotopic (exact) mass is 804 g/mol. The number of nitrogens with zero attached hydrogens (tertiary/aromatic N) is 3. The number of alkyl halides is 3. The summed E-state index contributed by atoms with van der Waals surface area (Å²) in [7, 11) is -1.87. The number of hydrogen-bond donors (Lipinski definition) is 4. The Hall–Kier alpha value is -5.22. The average molecular weight is 805 g/mol. The van der Waals surface area contributed by atoms with Crippen LogP contribution in [0.2, 0.25) is 10.0 Å². The molecule has 6 atom stereocenters. The first-order valence-corrected chi connectivity index (χ1v) is 18.3. The van der Waals surface area contributed by atoms with Crippen molar-refractivity contribution in [3.05, 3.63) is 123 Å². The highest BCUT2D eigenvalue weighted by Crippen LogP contribution is 2.65. The first kappa shape index (κ1) is 37.7. The van der Waals surface area contributed by atoms with E-state index in [1.165, 1.54) is 24.3 Å². The summed E-state index contributed by atoms with van der Waals surface area (Å²) in [4.78, 5) is 63.5. The van der Waals surface area contributed by atoms with Crippen LogP contribution in [-0.4, -0.2) is 55.9 Å². The number of aromatic nitrogens is 1. The molecule has 4 aliphatic rings. The Morgan fingerprint density at radius 2 is 1.64 bits per heavy atom. The predicted octanol–water partition coefficient (Wildman–Crippen LogP) is 5.29. The van der Waals surface area contributed by atoms with Crippen LogP contribution in [-0.2, 0) is 30.8 Å². The van der Waals surface area contributed by atoms with Gasteiger partial charge in [0.1, 0.15) is 5.75 Å². The number of carbonyl (C=O) groups is 4. The Labute approximate surface area is 327 Å². The third-order valence-electron chi connectivity index (χ3n) is 11.6. The number of para-hydroxylation sites is 1. The Kier molecular flexibility index (Phi) is 9.07. The van der Waals surface area contributed by atoms with Crippen molar-refractivity contribution >= 4 is 70.9 Å². The third-order valence-corrected chi connectivity index (χ3v) is 12.1. The van der Waals surface area contributed by atoms with Gasteiger partial charge in [0, 0.05) is 22.7 Å². The van der Waals surface area contributed by atoms with Gasteiger partial charge in [0.05, 0.1) is 39.4 Å². The summed E-state index contributed by atoms with van der Waals surface area (Å²) in [5.41, 5.74) is 1.39. The zero-order valence-electron chi connectivity index (χ0n) is 29.2. The van der Waals surface area contributed by atoms with Gasteiger partial charge in [-0.15, -0.1) is 0 Å². The fourth-order valence-corrected chi connectivity index (χ4v) is 9.46. The molecule has 0 radical (unpaired) electrons. The summed E-state index contributed by atoms with van der Waals surface area (Å²) in [6.45, 7) is 1.67. The van der Waals surface area contributed by atoms with E-state index in [1.807, 2.05) is 0 Å². The van der Waals surface area contributed by atoms with E-state index >= 15 is 4.79 Å². The molecule has 8 rings (SSSR count). The van der Waals surface area contributed by atoms with Gasteiger partial charge in [-0.3, -0.25) is 29.5 Å². The van der Waals surface area contributed by atoms with Crippen LogP contribution in [0.3, 0.4) is 0 Å². The Bertz CT molecular complexity index is 2380. The first-order chi connectivity index (χ1) is 26.5. The molecule has 4 aromatic rings. The molecular formula is C39H30BCl2F3N4O7. The number of imide groups is 2. The molecule has 4 amide bonds. The molecule has 0 bridgehead atoms. The highest BCUT2D eigenvalue weighted by Gasteiger charge is 2.70. The van der Waals surface area contributed by atoms with Gasteiger partial charge >= 0.3 is 13.3 Å². The molecule has 11 nitrogen and oxygen atoms in total. The van der Waals surface area contributed by atoms with Crippen molar-refractivity contribution in [1.82, 2.24) is 9.99 Å². The van der Waals surface area contributed by atoms with E-state index in [-0.39, 0.29) is 35.3 Å². The molecule has 6 unspecified atom stereocenters. The number of fused-ring (bicyclic) bond motifs is 4. The molecule has 0 spiro atoms. The van der Waals surface area contributed by atoms with Crippen molar-refractivity contribution in [2.45, 2.75) is 37.3 Å². The molecule has 286 valence electrons. The Morgan fingerprint density at radius 3 is 2.32 bits per heavy atom. The van der Waals surface area contributed by atoms with Crippen LogP contribution < -0.4 is 15.8 Å². The quantitative estimate of drug-likeness (QED) is 0.115. The Balaban J connectivity index is 1.31. The van der Waals surface area contributed by atoms with Crippen LogP contribution >= 0.6 is 23.2 Å². The maximum atomic E-state index is 15.3. The largest absolute Gasteiger partial charge is 0.507 e. The number of amides is 4. The fraction of sp³-hybridized carbons (Fsp3) is 0.256. The van der Waals surface area contributed by atoms with Crippen LogP contribution in [0.5, 0.6) is 5.75 Å². The smallest absolute Gasteiger partial charge is 0.488 e. The van der Waals surface area contributed by atoms with E-state index in [1.54, 1.807) is 55.5 Å². The lowest BCUT2D eigenvalue weighted by atomic mass is 9.49. The fourth-order valence-electron chi connectivity index (χ4n) is 9.12. The number of aryl methyl sites for hydroxylation is 1. The number of halogens is 5. The lowest BCUT2D eigenvalue weighted by molar-refractivity contribution is -0.139. The maximum absolute atomic E-state index is 15.3. The summed E-state index contributed by atoms with van der Waals surface area (Å²) < 4.78 is 40.4. The third kappa shape index (κ3) is 5.62. The van der Waals surface area contributed by atoms with Crippen LogP contribution in [0.1, 0.15) is 41.0 Å². The molecule has 3 heterocycles. The number of hydrogen-bond acceptors (Lipinski definition) is 9. The number of benzene rings is 3. The zero-order chi connectivity index (χ0) is 40.0. The summed E-state index contributed by atoms with van der Waals surface area (Å²) in [5.74, 6) is -8.39. The second-order valence-corrected chi connectivity index (χ2v) is 15.3. The highest BCUT2D eigenvalue weighted by molar-refractivity contribution is 6.58. The molecule has 3 aromatic carbocycles. The molecule has 3 fully saturated rings. The first-order valence-electron chi connectivity index (χ1n) is 17.5. The van der Waals surface area contributed by atoms with Crippen LogP contribution in [0.4, 0.5) is 24.7 Å². The standard InChI is InChI=1S/C39H30BCl2F3N4O7/c1-18-4-2-7-26(32(18)50)31-24-12-13-25-30(36(53)48(34(25)51)23-6-3-5-21(15-23)40(55)56)27(24)16-28-35(52)49(37(54)38(28,31)19-8-10-22(41)11-9-19)47-33-29(42)14-20(17-46-33)39(43,44)45/h2-12,14-15,17,25,27-28,30-31,50,55-56H,13,16H2,1H3,(H,46,47). The van der Waals surface area contributed by atoms with Crippen molar-refractivity contribution in [3.63, 3.8) is 0 Å². The lowest BCUT2D eigenvalue weighted by Gasteiger charge is -2.50. The minimum Gasteiger partial charge on any atom is -0.507 e. The number of hydrazine groups is 1. The van der Waals surface area contributed by atoms with Gasteiger partial charge in [0.15, 0.2) is 5.82 Å². The SMILES string of the molecule is Cc1cccc(C2C3=CCC4C(=O)N(c5cccc(B(O)O)c5)C(=O)C4C3CC3C(=O)N(Nc4ncc(C(F)(F)F)cc4Cl)C(=O)C32c2ccc(Cl)cc2)c1O. The Morgan fingerprint density at radius 1 is 0.929 bits per heavy atom. The van der Waals surface area contributed by atoms with E-state index < -0.39 is 88.3 Å². The van der Waals surface area contributed by atoms with E-state index in [0.717, 1.165) is 4.90 Å². The van der Waals surface area contributed by atoms with E-state index in [9.17, 15) is 42.7 Å². The molecular weight excluding hydrogens is 775 g/mol. The molecule has 17 heteroatoms. The van der Waals surface area contributed by atoms with Crippen LogP contribution in [0.15, 0.2) is 90.6 Å². The number of nitrogens with one attached hydrogen (secondary N) is 1. The number of phenols is 1. The summed E-state index contributed by atoms with van der Waals surface area (Å²) >= 11 is 12.6. The number of carbonyl (C=O) groups excluding carboxylic acids is 4. The van der Waals surface area contributed by atoms with Crippen LogP contribution in [0.25, 0.3) is 0 Å². The molecule has 1 saturated carbocycles. The van der Waals surface area contributed by atoms with E-state index in [4.69, 9.17) is 23.2 Å². The summed E-state index contributed by atoms with van der Waals surface area (Å²) in [6, 6.07) is 17.6. The molecule has 56 heavy (non-hydrogen) atoms. The van der Waals surface area contributed by atoms with Crippen LogP contribution in [0, 0.1) is 30.6 Å². The minimum atomic E-state index is -4.77. The molecule has 2 saturated heterocycles. The second-order valence-electron chi connectivity index (χ2n) is 14.4. The molecule has 2 aliphatic carbocycles. The number of pyridine rings is 1. The number of aromatic hydroxyl groups is 1. The van der Waals surface area contributed by atoms with Crippen molar-refractivity contribution in [2.24, 2.45) is 23.7 Å². The lowest BCUT2D eigenvalue weighted by Crippen LogP contribution is -2.53. The van der Waals surface area contributed by atoms with Crippen molar-refractivity contribution < 1.29 is 47.5 Å². The molecule has 1 aromatic heterocycles. The van der Waals surface area contributed by atoms with Gasteiger partial charge in [0.2, 0.25) is 11.8 Å². The summed E-state index contributed by atoms with van der Waals surface area (Å²) in [5, 5.41) is 31.8. The molecule has 4 N–H and O–H groups in total. The van der Waals surface area contributed by atoms with Gasteiger partial charge < -0.3 is 15.2 Å². The van der Waals surface area contributed by atoms with Crippen molar-refractivity contribution in [2.75, 3.05) is 10.3 Å². The predicted molar refractivity (Wildman–Crippen MR) is 198 cm³/mol. The second kappa shape index (κ2) is 13.5. The van der Waals surface area contributed by atoms with Crippen molar-refractivity contribution in [3.8, 4) is 5.75 Å². The number of anilines is 2. The zero-order valence-corrected chi connectivity index (χ0v) is 30.7. The van der Waals surface area contributed by atoms with E-state index in [0.29, 0.717) is 39.0 Å². The average Bonchev–Trinajstić information content (AvgIpc) is 3.54. The number of phenolic OH excluding ortho intramolecular Hbond substituents is 1. The van der Waals surface area contributed by atoms with Gasteiger partial charge in [-0.05, 0) is 72.6 Å². The number of allylic oxidation sites excluding steroid dienone is 2. The molecule has 2 aliphatic heterocycles. The summed E-state index contributed by atoms with van der Waals surface area (Å²) in [6.07, 6.45) is -2.53. The van der Waals surface area contributed by atoms with Gasteiger partial charge in [-0.2, -0.15) is 18.2 Å². The maximum Gasteiger partial charge on any atom is 0.488 e. The van der Waals surface area contributed by atoms with Crippen molar-refractivity contribution in [1.29, 1.82) is 0 Å². The topological polar surface area (TPSA) is 160 Å². The van der Waals surface area contributed by atoms with E-state index in [2.05, 4.69) is 10.4 Å². The highest BCUT2D eigenvalue weighted by atomic mass is 35.5. The van der Waals surface area contributed by atoms with Gasteiger partial charge in [0.25, 0.3) is 11.8 Å².